The number of H-pyrrole nitrogens is 1. The molecular formula is C21H26N2O4. The van der Waals surface area contributed by atoms with Gasteiger partial charge in [-0.15, -0.1) is 0 Å². The van der Waals surface area contributed by atoms with Gasteiger partial charge in [0, 0.05) is 31.8 Å². The third-order valence-electron chi connectivity index (χ3n) is 4.88. The highest BCUT2D eigenvalue weighted by molar-refractivity contribution is 5.76. The highest BCUT2D eigenvalue weighted by Crippen LogP contribution is 2.36. The third-order valence-corrected chi connectivity index (χ3v) is 4.88. The molecule has 0 radical (unpaired) electrons. The van der Waals surface area contributed by atoms with Crippen molar-refractivity contribution < 1.29 is 14.6 Å². The number of aliphatic hydroxyl groups excluding tert-OH is 1. The lowest BCUT2D eigenvalue weighted by atomic mass is 9.84. The van der Waals surface area contributed by atoms with Crippen molar-refractivity contribution in [2.75, 3.05) is 19.7 Å². The van der Waals surface area contributed by atoms with Crippen LogP contribution in [-0.2, 0) is 12.1 Å². The van der Waals surface area contributed by atoms with Crippen LogP contribution in [0.1, 0.15) is 30.9 Å². The summed E-state index contributed by atoms with van der Waals surface area (Å²) >= 11 is 0. The van der Waals surface area contributed by atoms with Gasteiger partial charge in [-0.1, -0.05) is 42.5 Å². The molecule has 1 aliphatic rings. The van der Waals surface area contributed by atoms with E-state index in [1.54, 1.807) is 13.0 Å². The summed E-state index contributed by atoms with van der Waals surface area (Å²) in [5.74, 6) is -0.484. The van der Waals surface area contributed by atoms with Crippen LogP contribution < -0.4 is 5.76 Å². The number of aromatic amines is 1. The Hall–Kier alpha value is -2.41. The number of piperidine rings is 1. The van der Waals surface area contributed by atoms with Crippen LogP contribution in [0.4, 0.5) is 0 Å². The summed E-state index contributed by atoms with van der Waals surface area (Å²) in [6.07, 6.45) is 1.24. The van der Waals surface area contributed by atoms with Gasteiger partial charge in [-0.25, -0.2) is 4.79 Å². The van der Waals surface area contributed by atoms with Gasteiger partial charge in [-0.05, 0) is 31.4 Å². The molecule has 0 amide bonds. The molecule has 0 bridgehead atoms. The van der Waals surface area contributed by atoms with Crippen LogP contribution in [0, 0.1) is 0 Å². The molecule has 144 valence electrons. The average molecular weight is 370 g/mol. The van der Waals surface area contributed by atoms with Crippen molar-refractivity contribution in [2.24, 2.45) is 0 Å². The number of hydrogen-bond acceptors (Lipinski definition) is 5. The van der Waals surface area contributed by atoms with Gasteiger partial charge in [0.25, 0.3) is 0 Å². The molecule has 0 saturated carbocycles. The number of hydrogen-bond donors (Lipinski definition) is 3. The van der Waals surface area contributed by atoms with Crippen molar-refractivity contribution in [3.8, 4) is 0 Å². The maximum Gasteiger partial charge on any atom is 0.417 e. The summed E-state index contributed by atoms with van der Waals surface area (Å²) in [4.78, 5) is 16.5. The first-order valence-electron chi connectivity index (χ1n) is 9.27. The SMILES string of the molecule is CCO.O=c1[nH]c2cccc(C3(O)CCN(Cc4ccccc4)CC3)c2o1. The van der Waals surface area contributed by atoms with E-state index in [1.807, 2.05) is 30.3 Å². The average Bonchev–Trinajstić information content (AvgIpc) is 3.05. The summed E-state index contributed by atoms with van der Waals surface area (Å²) in [6.45, 7) is 4.42. The highest BCUT2D eigenvalue weighted by Gasteiger charge is 2.36. The second-order valence-electron chi connectivity index (χ2n) is 6.81. The molecular weight excluding hydrogens is 344 g/mol. The zero-order valence-electron chi connectivity index (χ0n) is 15.5. The van der Waals surface area contributed by atoms with Crippen molar-refractivity contribution >= 4 is 11.1 Å². The van der Waals surface area contributed by atoms with Gasteiger partial charge in [0.2, 0.25) is 0 Å². The molecule has 0 aliphatic carbocycles. The molecule has 6 nitrogen and oxygen atoms in total. The lowest BCUT2D eigenvalue weighted by Gasteiger charge is -2.38. The third kappa shape index (κ3) is 4.47. The largest absolute Gasteiger partial charge is 0.417 e. The van der Waals surface area contributed by atoms with Crippen LogP contribution >= 0.6 is 0 Å². The standard InChI is InChI=1S/C19H20N2O3.C2H6O/c22-18-20-16-8-4-7-15(17(16)24-18)19(23)9-11-21(12-10-19)13-14-5-2-1-3-6-14;1-2-3/h1-8,23H,9-13H2,(H,20,22);3H,2H2,1H3. The predicted octanol–water partition coefficient (Wildman–Crippen LogP) is 2.60. The van der Waals surface area contributed by atoms with Crippen molar-refractivity contribution in [2.45, 2.75) is 31.9 Å². The lowest BCUT2D eigenvalue weighted by molar-refractivity contribution is -0.0272. The van der Waals surface area contributed by atoms with Crippen molar-refractivity contribution in [3.05, 3.63) is 70.2 Å². The molecule has 2 heterocycles. The Morgan fingerprint density at radius 2 is 1.78 bits per heavy atom. The quantitative estimate of drug-likeness (QED) is 0.659. The molecule has 27 heavy (non-hydrogen) atoms. The first kappa shape index (κ1) is 19.4. The number of likely N-dealkylation sites (tertiary alicyclic amines) is 1. The van der Waals surface area contributed by atoms with Gasteiger partial charge >= 0.3 is 5.76 Å². The molecule has 1 aliphatic heterocycles. The zero-order chi connectivity index (χ0) is 19.3. The Kier molecular flexibility index (Phi) is 6.11. The number of fused-ring (bicyclic) bond motifs is 1. The summed E-state index contributed by atoms with van der Waals surface area (Å²) in [5, 5.41) is 18.7. The van der Waals surface area contributed by atoms with E-state index in [4.69, 9.17) is 9.52 Å². The number of nitrogens with one attached hydrogen (secondary N) is 1. The van der Waals surface area contributed by atoms with Gasteiger partial charge in [-0.3, -0.25) is 9.88 Å². The summed E-state index contributed by atoms with van der Waals surface area (Å²) in [7, 11) is 0. The van der Waals surface area contributed by atoms with Crippen LogP contribution in [0.3, 0.4) is 0 Å². The Balaban J connectivity index is 0.000000659. The second-order valence-corrected chi connectivity index (χ2v) is 6.81. The van der Waals surface area contributed by atoms with Crippen molar-refractivity contribution in [1.29, 1.82) is 0 Å². The molecule has 1 fully saturated rings. The van der Waals surface area contributed by atoms with Gasteiger partial charge in [0.1, 0.15) is 0 Å². The zero-order valence-corrected chi connectivity index (χ0v) is 15.5. The number of para-hydroxylation sites is 1. The van der Waals surface area contributed by atoms with Crippen molar-refractivity contribution in [1.82, 2.24) is 9.88 Å². The fourth-order valence-corrected chi connectivity index (χ4v) is 3.53. The Bertz CT molecular complexity index is 909. The normalized spacial score (nSPS) is 16.7. The van der Waals surface area contributed by atoms with E-state index in [0.717, 1.165) is 19.6 Å². The van der Waals surface area contributed by atoms with E-state index < -0.39 is 11.4 Å². The summed E-state index contributed by atoms with van der Waals surface area (Å²) < 4.78 is 5.26. The smallest absolute Gasteiger partial charge is 0.407 e. The molecule has 2 aromatic carbocycles. The Morgan fingerprint density at radius 1 is 1.11 bits per heavy atom. The molecule has 0 spiro atoms. The van der Waals surface area contributed by atoms with Crippen LogP contribution in [0.5, 0.6) is 0 Å². The highest BCUT2D eigenvalue weighted by atomic mass is 16.4. The van der Waals surface area contributed by atoms with Crippen molar-refractivity contribution in [3.63, 3.8) is 0 Å². The molecule has 3 N–H and O–H groups in total. The van der Waals surface area contributed by atoms with Crippen LogP contribution in [0.25, 0.3) is 11.1 Å². The molecule has 4 rings (SSSR count). The number of oxazole rings is 1. The summed E-state index contributed by atoms with van der Waals surface area (Å²) in [5.41, 5.74) is 2.14. The Morgan fingerprint density at radius 3 is 2.44 bits per heavy atom. The minimum Gasteiger partial charge on any atom is -0.407 e. The fraction of sp³-hybridized carbons (Fsp3) is 0.381. The maximum atomic E-state index is 11.5. The second kappa shape index (κ2) is 8.52. The first-order chi connectivity index (χ1) is 13.1. The van der Waals surface area contributed by atoms with Crippen LogP contribution in [0.2, 0.25) is 0 Å². The fourth-order valence-electron chi connectivity index (χ4n) is 3.53. The van der Waals surface area contributed by atoms with Gasteiger partial charge in [-0.2, -0.15) is 0 Å². The molecule has 6 heteroatoms. The number of aliphatic hydroxyl groups is 2. The van der Waals surface area contributed by atoms with E-state index in [1.165, 1.54) is 5.56 Å². The number of aromatic nitrogens is 1. The van der Waals surface area contributed by atoms with Gasteiger partial charge < -0.3 is 14.6 Å². The predicted molar refractivity (Wildman–Crippen MR) is 104 cm³/mol. The molecule has 1 aromatic heterocycles. The molecule has 0 atom stereocenters. The van der Waals surface area contributed by atoms with E-state index in [9.17, 15) is 9.90 Å². The van der Waals surface area contributed by atoms with E-state index in [0.29, 0.717) is 29.5 Å². The summed E-state index contributed by atoms with van der Waals surface area (Å²) in [6, 6.07) is 15.8. The minimum atomic E-state index is -0.954. The molecule has 0 unspecified atom stereocenters. The van der Waals surface area contributed by atoms with E-state index in [2.05, 4.69) is 22.0 Å². The van der Waals surface area contributed by atoms with Gasteiger partial charge in [0.15, 0.2) is 5.58 Å². The number of nitrogens with zero attached hydrogens (tertiary/aromatic N) is 1. The van der Waals surface area contributed by atoms with E-state index in [-0.39, 0.29) is 6.61 Å². The Labute approximate surface area is 158 Å². The number of rotatable bonds is 3. The molecule has 1 saturated heterocycles. The topological polar surface area (TPSA) is 89.7 Å². The monoisotopic (exact) mass is 370 g/mol. The van der Waals surface area contributed by atoms with E-state index >= 15 is 0 Å². The molecule has 3 aromatic rings. The first-order valence-corrected chi connectivity index (χ1v) is 9.27. The minimum absolute atomic E-state index is 0.250. The van der Waals surface area contributed by atoms with Crippen LogP contribution in [0.15, 0.2) is 57.7 Å². The maximum absolute atomic E-state index is 11.5. The van der Waals surface area contributed by atoms with Gasteiger partial charge in [0.05, 0.1) is 11.1 Å². The van der Waals surface area contributed by atoms with Crippen LogP contribution in [-0.4, -0.2) is 39.8 Å². The lowest BCUT2D eigenvalue weighted by Crippen LogP contribution is -2.42. The number of benzene rings is 2.